The third-order valence-electron chi connectivity index (χ3n) is 10.7. The van der Waals surface area contributed by atoms with E-state index in [1.807, 2.05) is 12.2 Å². The molecular formula is C53H82O15. The average molecular weight is 959 g/mol. The number of aliphatic hydroxyl groups is 7. The van der Waals surface area contributed by atoms with Crippen molar-refractivity contribution in [3.63, 3.8) is 0 Å². The van der Waals surface area contributed by atoms with Crippen LogP contribution in [0.15, 0.2) is 109 Å². The van der Waals surface area contributed by atoms with Crippen LogP contribution in [0, 0.1) is 0 Å². The first-order valence-electron chi connectivity index (χ1n) is 24.5. The van der Waals surface area contributed by atoms with E-state index in [4.69, 9.17) is 28.4 Å². The standard InChI is InChI=1S/C53H82O15/c1-3-5-7-9-11-13-15-17-19-20-22-24-26-28-30-32-34-36-45(56)66-41(38-63-44(55)35-33-31-29-27-25-23-21-18-16-14-12-10-8-6-4-2)39-64-52-51(62)49(60)47(58)43(68-52)40-65-53-50(61)48(59)46(57)42(37-54)67-53/h5-8,11-14,17-19,21-22,24-25,27-28,30,41-43,46-54,57-62H,3-4,9-10,15-16,20,23,26,29,31-40H2,1-2H3/b7-5-,8-6-,13-11-,14-12-,19-17-,21-18-,24-22-,27-25-,30-28-/t41-,42-,43-,46+,47+,48+,49+,50-,51-,52-,53+/m1/s1. The van der Waals surface area contributed by atoms with Gasteiger partial charge in [-0.15, -0.1) is 0 Å². The zero-order chi connectivity index (χ0) is 49.6. The Morgan fingerprint density at radius 3 is 1.37 bits per heavy atom. The van der Waals surface area contributed by atoms with Gasteiger partial charge in [0.1, 0.15) is 55.4 Å². The second-order valence-corrected chi connectivity index (χ2v) is 16.5. The smallest absolute Gasteiger partial charge is 0.306 e. The van der Waals surface area contributed by atoms with E-state index in [0.717, 1.165) is 70.6 Å². The van der Waals surface area contributed by atoms with Crippen LogP contribution >= 0.6 is 0 Å². The summed E-state index contributed by atoms with van der Waals surface area (Å²) in [6.07, 6.45) is 32.7. The molecule has 11 atom stereocenters. The van der Waals surface area contributed by atoms with Gasteiger partial charge in [-0.05, 0) is 89.9 Å². The first-order valence-corrected chi connectivity index (χ1v) is 24.5. The molecule has 0 radical (unpaired) electrons. The molecule has 0 aromatic heterocycles. The van der Waals surface area contributed by atoms with Crippen LogP contribution in [-0.2, 0) is 38.0 Å². The van der Waals surface area contributed by atoms with E-state index < -0.39 is 99.3 Å². The number of hydrogen-bond acceptors (Lipinski definition) is 15. The highest BCUT2D eigenvalue weighted by Crippen LogP contribution is 2.26. The normalized spacial score (nSPS) is 26.7. The molecule has 2 fully saturated rings. The van der Waals surface area contributed by atoms with E-state index >= 15 is 0 Å². The molecule has 0 amide bonds. The second kappa shape index (κ2) is 38.9. The number of allylic oxidation sites excluding steroid dienone is 18. The lowest BCUT2D eigenvalue weighted by atomic mass is 9.98. The van der Waals surface area contributed by atoms with Gasteiger partial charge in [-0.3, -0.25) is 9.59 Å². The van der Waals surface area contributed by atoms with Crippen molar-refractivity contribution in [1.82, 2.24) is 0 Å². The Morgan fingerprint density at radius 1 is 0.471 bits per heavy atom. The van der Waals surface area contributed by atoms with Crippen molar-refractivity contribution in [1.29, 1.82) is 0 Å². The van der Waals surface area contributed by atoms with Gasteiger partial charge in [0.25, 0.3) is 0 Å². The summed E-state index contributed by atoms with van der Waals surface area (Å²) in [5.74, 6) is -1.06. The van der Waals surface area contributed by atoms with Crippen LogP contribution in [0.2, 0.25) is 0 Å². The molecule has 0 saturated carbocycles. The molecule has 0 aromatic rings. The van der Waals surface area contributed by atoms with Crippen LogP contribution in [0.4, 0.5) is 0 Å². The summed E-state index contributed by atoms with van der Waals surface area (Å²) < 4.78 is 33.4. The lowest BCUT2D eigenvalue weighted by Crippen LogP contribution is -2.61. The zero-order valence-electron chi connectivity index (χ0n) is 40.3. The maximum atomic E-state index is 13.0. The Morgan fingerprint density at radius 2 is 0.882 bits per heavy atom. The van der Waals surface area contributed by atoms with Gasteiger partial charge < -0.3 is 64.2 Å². The topological polar surface area (TPSA) is 231 Å². The first kappa shape index (κ1) is 60.3. The Bertz CT molecular complexity index is 1600. The number of aliphatic hydroxyl groups excluding tert-OH is 7. The van der Waals surface area contributed by atoms with Gasteiger partial charge in [0.2, 0.25) is 0 Å². The lowest BCUT2D eigenvalue weighted by Gasteiger charge is -2.42. The molecular weight excluding hydrogens is 877 g/mol. The molecule has 2 rings (SSSR count). The van der Waals surface area contributed by atoms with Crippen molar-refractivity contribution >= 4 is 11.9 Å². The minimum Gasteiger partial charge on any atom is -0.462 e. The molecule has 0 bridgehead atoms. The van der Waals surface area contributed by atoms with Crippen LogP contribution in [0.25, 0.3) is 0 Å². The maximum absolute atomic E-state index is 13.0. The minimum absolute atomic E-state index is 0.0703. The van der Waals surface area contributed by atoms with E-state index in [1.54, 1.807) is 0 Å². The fourth-order valence-corrected chi connectivity index (χ4v) is 6.77. The average Bonchev–Trinajstić information content (AvgIpc) is 3.33. The van der Waals surface area contributed by atoms with Crippen LogP contribution in [0.5, 0.6) is 0 Å². The highest BCUT2D eigenvalue weighted by Gasteiger charge is 2.47. The largest absolute Gasteiger partial charge is 0.462 e. The van der Waals surface area contributed by atoms with Gasteiger partial charge in [-0.1, -0.05) is 123 Å². The summed E-state index contributed by atoms with van der Waals surface area (Å²) in [7, 11) is 0. The van der Waals surface area contributed by atoms with Crippen LogP contribution in [0.3, 0.4) is 0 Å². The molecule has 2 saturated heterocycles. The first-order chi connectivity index (χ1) is 33.0. The third-order valence-corrected chi connectivity index (χ3v) is 10.7. The molecule has 0 aromatic carbocycles. The van der Waals surface area contributed by atoms with Crippen molar-refractivity contribution < 1.29 is 73.8 Å². The molecule has 0 unspecified atom stereocenters. The zero-order valence-corrected chi connectivity index (χ0v) is 40.3. The predicted octanol–water partition coefficient (Wildman–Crippen LogP) is 6.37. The van der Waals surface area contributed by atoms with Crippen molar-refractivity contribution in [3.05, 3.63) is 109 Å². The van der Waals surface area contributed by atoms with E-state index in [-0.39, 0.29) is 19.4 Å². The van der Waals surface area contributed by atoms with E-state index in [1.165, 1.54) is 0 Å². The highest BCUT2D eigenvalue weighted by atomic mass is 16.7. The van der Waals surface area contributed by atoms with E-state index in [2.05, 4.69) is 111 Å². The Balaban J connectivity index is 1.88. The van der Waals surface area contributed by atoms with Crippen molar-refractivity contribution in [2.75, 3.05) is 26.4 Å². The van der Waals surface area contributed by atoms with E-state index in [0.29, 0.717) is 19.3 Å². The molecule has 384 valence electrons. The van der Waals surface area contributed by atoms with Crippen molar-refractivity contribution in [2.45, 2.75) is 184 Å². The van der Waals surface area contributed by atoms with Crippen LogP contribution in [-0.4, -0.2) is 142 Å². The quantitative estimate of drug-likeness (QED) is 0.0208. The summed E-state index contributed by atoms with van der Waals surface area (Å²) in [5.41, 5.74) is 0. The van der Waals surface area contributed by atoms with Crippen LogP contribution in [0.1, 0.15) is 117 Å². The molecule has 2 aliphatic rings. The molecule has 0 aliphatic carbocycles. The van der Waals surface area contributed by atoms with Gasteiger partial charge in [0.15, 0.2) is 18.7 Å². The highest BCUT2D eigenvalue weighted by molar-refractivity contribution is 5.70. The molecule has 2 aliphatic heterocycles. The number of hydrogen-bond donors (Lipinski definition) is 7. The predicted molar refractivity (Wildman–Crippen MR) is 261 cm³/mol. The Labute approximate surface area is 404 Å². The third kappa shape index (κ3) is 26.8. The molecule has 2 heterocycles. The van der Waals surface area contributed by atoms with Gasteiger partial charge in [0, 0.05) is 12.8 Å². The van der Waals surface area contributed by atoms with Gasteiger partial charge in [-0.25, -0.2) is 0 Å². The molecule has 0 spiro atoms. The molecule has 68 heavy (non-hydrogen) atoms. The van der Waals surface area contributed by atoms with Crippen LogP contribution < -0.4 is 0 Å². The Hall–Kier alpha value is -3.84. The SMILES string of the molecule is CC/C=C\C/C=C\C/C=C\C/C=C\C/C=C\CCCC(=O)O[C@H](COC(=O)CCCC/C=C\C/C=C\C/C=C\C/C=C\CC)CO[C@@H]1O[C@H](CO[C@H]2O[C@H](CO)[C@H](O)[C@H](O)[C@H]2O)[C@H](O)[C@H](O)[C@H]1O. The summed E-state index contributed by atoms with van der Waals surface area (Å²) in [6, 6.07) is 0. The number of esters is 2. The number of unbranched alkanes of at least 4 members (excludes halogenated alkanes) is 3. The summed E-state index contributed by atoms with van der Waals surface area (Å²) in [5, 5.41) is 72.0. The number of carbonyl (C=O) groups is 2. The number of rotatable bonds is 35. The fraction of sp³-hybridized carbons (Fsp3) is 0.623. The molecule has 15 heteroatoms. The Kier molecular flexibility index (Phi) is 34.5. The van der Waals surface area contributed by atoms with Gasteiger partial charge in [0.05, 0.1) is 19.8 Å². The lowest BCUT2D eigenvalue weighted by molar-refractivity contribution is -0.332. The number of ether oxygens (including phenoxy) is 6. The summed E-state index contributed by atoms with van der Waals surface area (Å²) in [4.78, 5) is 25.7. The van der Waals surface area contributed by atoms with E-state index in [9.17, 15) is 45.3 Å². The molecule has 7 N–H and O–H groups in total. The number of carbonyl (C=O) groups excluding carboxylic acids is 2. The van der Waals surface area contributed by atoms with Crippen molar-refractivity contribution in [2.24, 2.45) is 0 Å². The molecule has 15 nitrogen and oxygen atoms in total. The van der Waals surface area contributed by atoms with Crippen molar-refractivity contribution in [3.8, 4) is 0 Å². The maximum Gasteiger partial charge on any atom is 0.306 e. The second-order valence-electron chi connectivity index (χ2n) is 16.5. The summed E-state index contributed by atoms with van der Waals surface area (Å²) in [6.45, 7) is 2.21. The summed E-state index contributed by atoms with van der Waals surface area (Å²) >= 11 is 0. The van der Waals surface area contributed by atoms with Gasteiger partial charge in [-0.2, -0.15) is 0 Å². The van der Waals surface area contributed by atoms with Gasteiger partial charge >= 0.3 is 11.9 Å². The fourth-order valence-electron chi connectivity index (χ4n) is 6.77. The monoisotopic (exact) mass is 959 g/mol. The minimum atomic E-state index is -1.79.